The van der Waals surface area contributed by atoms with E-state index in [1.807, 2.05) is 42.7 Å². The minimum atomic E-state index is -0.262. The van der Waals surface area contributed by atoms with Gasteiger partial charge in [0, 0.05) is 24.1 Å². The monoisotopic (exact) mass is 329 g/mol. The van der Waals surface area contributed by atoms with Gasteiger partial charge in [0.2, 0.25) is 0 Å². The van der Waals surface area contributed by atoms with E-state index in [1.165, 1.54) is 0 Å². The molecule has 2 aromatic rings. The van der Waals surface area contributed by atoms with Crippen LogP contribution in [0.3, 0.4) is 0 Å². The molecule has 0 saturated carbocycles. The first-order chi connectivity index (χ1) is 11.1. The predicted molar refractivity (Wildman–Crippen MR) is 93.9 cm³/mol. The van der Waals surface area contributed by atoms with Gasteiger partial charge in [0.1, 0.15) is 0 Å². The number of nitrogens with one attached hydrogen (secondary N) is 3. The number of hydrogen-bond acceptors (Lipinski definition) is 3. The van der Waals surface area contributed by atoms with Gasteiger partial charge in [-0.2, -0.15) is 0 Å². The van der Waals surface area contributed by atoms with Crippen molar-refractivity contribution in [3.05, 3.63) is 59.7 Å². The lowest BCUT2D eigenvalue weighted by atomic mass is 10.1. The molecule has 0 aliphatic rings. The number of rotatable bonds is 5. The SMILES string of the molecule is CNC(=O)c1ccc(CNC(=O)Nc2ccccc2SC)cc1. The Balaban J connectivity index is 1.90. The highest BCUT2D eigenvalue weighted by Crippen LogP contribution is 2.24. The van der Waals surface area contributed by atoms with Gasteiger partial charge < -0.3 is 16.0 Å². The minimum absolute atomic E-state index is 0.129. The third kappa shape index (κ3) is 4.75. The molecule has 0 unspecified atom stereocenters. The molecular formula is C17H19N3O2S. The van der Waals surface area contributed by atoms with Crippen molar-refractivity contribution in [2.24, 2.45) is 0 Å². The van der Waals surface area contributed by atoms with Gasteiger partial charge in [-0.15, -0.1) is 11.8 Å². The van der Waals surface area contributed by atoms with Crippen LogP contribution in [0.1, 0.15) is 15.9 Å². The van der Waals surface area contributed by atoms with Crippen molar-refractivity contribution < 1.29 is 9.59 Å². The van der Waals surface area contributed by atoms with E-state index in [9.17, 15) is 9.59 Å². The van der Waals surface area contributed by atoms with Gasteiger partial charge in [-0.05, 0) is 36.1 Å². The second-order valence-corrected chi connectivity index (χ2v) is 5.63. The van der Waals surface area contributed by atoms with Crippen molar-refractivity contribution in [2.45, 2.75) is 11.4 Å². The summed E-state index contributed by atoms with van der Waals surface area (Å²) >= 11 is 1.58. The molecule has 0 saturated heterocycles. The maximum absolute atomic E-state index is 12.0. The van der Waals surface area contributed by atoms with Crippen molar-refractivity contribution in [1.82, 2.24) is 10.6 Å². The van der Waals surface area contributed by atoms with Crippen LogP contribution in [0.5, 0.6) is 0 Å². The van der Waals surface area contributed by atoms with E-state index in [2.05, 4.69) is 16.0 Å². The van der Waals surface area contributed by atoms with E-state index < -0.39 is 0 Å². The summed E-state index contributed by atoms with van der Waals surface area (Å²) in [7, 11) is 1.59. The Hall–Kier alpha value is -2.47. The molecule has 0 radical (unpaired) electrons. The number of thioether (sulfide) groups is 1. The van der Waals surface area contributed by atoms with E-state index in [0.29, 0.717) is 12.1 Å². The van der Waals surface area contributed by atoms with Gasteiger partial charge in [0.05, 0.1) is 5.69 Å². The molecule has 5 nitrogen and oxygen atoms in total. The predicted octanol–water partition coefficient (Wildman–Crippen LogP) is 3.09. The molecule has 0 aliphatic carbocycles. The van der Waals surface area contributed by atoms with Gasteiger partial charge in [0.15, 0.2) is 0 Å². The standard InChI is InChI=1S/C17H19N3O2S/c1-18-16(21)13-9-7-12(8-10-13)11-19-17(22)20-14-5-3-4-6-15(14)23-2/h3-10H,11H2,1-2H3,(H,18,21)(H2,19,20,22). The zero-order chi connectivity index (χ0) is 16.7. The molecule has 0 bridgehead atoms. The highest BCUT2D eigenvalue weighted by molar-refractivity contribution is 7.98. The largest absolute Gasteiger partial charge is 0.355 e. The summed E-state index contributed by atoms with van der Waals surface area (Å²) in [6.07, 6.45) is 1.96. The first-order valence-electron chi connectivity index (χ1n) is 7.13. The Morgan fingerprint density at radius 1 is 1.04 bits per heavy atom. The maximum atomic E-state index is 12.0. The van der Waals surface area contributed by atoms with Crippen LogP contribution in [0.25, 0.3) is 0 Å². The fourth-order valence-electron chi connectivity index (χ4n) is 2.02. The second kappa shape index (κ2) is 8.24. The van der Waals surface area contributed by atoms with E-state index in [-0.39, 0.29) is 11.9 Å². The lowest BCUT2D eigenvalue weighted by Gasteiger charge is -2.10. The van der Waals surface area contributed by atoms with Crippen LogP contribution < -0.4 is 16.0 Å². The van der Waals surface area contributed by atoms with Crippen LogP contribution in [0.15, 0.2) is 53.4 Å². The Morgan fingerprint density at radius 2 is 1.74 bits per heavy atom. The molecule has 0 fully saturated rings. The lowest BCUT2D eigenvalue weighted by molar-refractivity contribution is 0.0963. The van der Waals surface area contributed by atoms with Gasteiger partial charge in [-0.25, -0.2) is 4.79 Å². The van der Waals surface area contributed by atoms with Crippen molar-refractivity contribution in [3.63, 3.8) is 0 Å². The van der Waals surface area contributed by atoms with Gasteiger partial charge in [-0.1, -0.05) is 24.3 Å². The first-order valence-corrected chi connectivity index (χ1v) is 8.35. The smallest absolute Gasteiger partial charge is 0.319 e. The molecular weight excluding hydrogens is 310 g/mol. The normalized spacial score (nSPS) is 10.0. The van der Waals surface area contributed by atoms with Crippen LogP contribution in [-0.2, 0) is 6.54 Å². The van der Waals surface area contributed by atoms with E-state index >= 15 is 0 Å². The molecule has 0 aliphatic heterocycles. The van der Waals surface area contributed by atoms with Crippen LogP contribution in [0.2, 0.25) is 0 Å². The highest BCUT2D eigenvalue weighted by atomic mass is 32.2. The van der Waals surface area contributed by atoms with Crippen molar-refractivity contribution in [1.29, 1.82) is 0 Å². The summed E-state index contributed by atoms with van der Waals surface area (Å²) in [5.41, 5.74) is 2.30. The number of hydrogen-bond donors (Lipinski definition) is 3. The Kier molecular flexibility index (Phi) is 6.05. The Morgan fingerprint density at radius 3 is 2.39 bits per heavy atom. The molecule has 3 N–H and O–H groups in total. The van der Waals surface area contributed by atoms with Gasteiger partial charge >= 0.3 is 6.03 Å². The molecule has 3 amide bonds. The van der Waals surface area contributed by atoms with Crippen molar-refractivity contribution in [3.8, 4) is 0 Å². The summed E-state index contributed by atoms with van der Waals surface area (Å²) in [4.78, 5) is 24.5. The van der Waals surface area contributed by atoms with Crippen LogP contribution in [0, 0.1) is 0 Å². The summed E-state index contributed by atoms with van der Waals surface area (Å²) < 4.78 is 0. The molecule has 0 atom stereocenters. The molecule has 23 heavy (non-hydrogen) atoms. The third-order valence-corrected chi connectivity index (χ3v) is 4.05. The van der Waals surface area contributed by atoms with Gasteiger partial charge in [-0.3, -0.25) is 4.79 Å². The lowest BCUT2D eigenvalue weighted by Crippen LogP contribution is -2.28. The zero-order valence-electron chi connectivity index (χ0n) is 13.1. The van der Waals surface area contributed by atoms with Gasteiger partial charge in [0.25, 0.3) is 5.91 Å². The number of benzene rings is 2. The summed E-state index contributed by atoms with van der Waals surface area (Å²) in [6, 6.07) is 14.5. The van der Waals surface area contributed by atoms with E-state index in [0.717, 1.165) is 16.1 Å². The fraction of sp³-hybridized carbons (Fsp3) is 0.176. The molecule has 120 valence electrons. The minimum Gasteiger partial charge on any atom is -0.355 e. The molecule has 2 rings (SSSR count). The summed E-state index contributed by atoms with van der Waals surface area (Å²) in [5.74, 6) is -0.129. The van der Waals surface area contributed by atoms with Crippen LogP contribution >= 0.6 is 11.8 Å². The first kappa shape index (κ1) is 16.9. The number of amides is 3. The molecule has 0 spiro atoms. The summed E-state index contributed by atoms with van der Waals surface area (Å²) in [6.45, 7) is 0.390. The third-order valence-electron chi connectivity index (χ3n) is 3.25. The fourth-order valence-corrected chi connectivity index (χ4v) is 2.57. The van der Waals surface area contributed by atoms with Crippen molar-refractivity contribution in [2.75, 3.05) is 18.6 Å². The average molecular weight is 329 g/mol. The van der Waals surface area contributed by atoms with E-state index in [4.69, 9.17) is 0 Å². The zero-order valence-corrected chi connectivity index (χ0v) is 13.9. The highest BCUT2D eigenvalue weighted by Gasteiger charge is 2.06. The molecule has 6 heteroatoms. The maximum Gasteiger partial charge on any atom is 0.319 e. The number of carbonyl (C=O) groups is 2. The molecule has 2 aromatic carbocycles. The Labute approximate surface area is 139 Å². The molecule has 0 aromatic heterocycles. The molecule has 0 heterocycles. The topological polar surface area (TPSA) is 70.2 Å². The van der Waals surface area contributed by atoms with Crippen LogP contribution in [-0.4, -0.2) is 25.2 Å². The number of anilines is 1. The average Bonchev–Trinajstić information content (AvgIpc) is 2.60. The van der Waals surface area contributed by atoms with Crippen LogP contribution in [0.4, 0.5) is 10.5 Å². The summed E-state index contributed by atoms with van der Waals surface area (Å²) in [5, 5.41) is 8.21. The second-order valence-electron chi connectivity index (χ2n) is 4.78. The Bertz CT molecular complexity index is 686. The number of para-hydroxylation sites is 1. The van der Waals surface area contributed by atoms with E-state index in [1.54, 1.807) is 30.9 Å². The van der Waals surface area contributed by atoms with Crippen molar-refractivity contribution >= 4 is 29.4 Å². The number of carbonyl (C=O) groups excluding carboxylic acids is 2. The number of urea groups is 1. The quantitative estimate of drug-likeness (QED) is 0.738.